The van der Waals surface area contributed by atoms with E-state index in [4.69, 9.17) is 14.9 Å². The molecule has 0 fully saturated rings. The first-order chi connectivity index (χ1) is 13.4. The van der Waals surface area contributed by atoms with Crippen molar-refractivity contribution >= 4 is 11.8 Å². The van der Waals surface area contributed by atoms with Crippen LogP contribution in [0.25, 0.3) is 0 Å². The van der Waals surface area contributed by atoms with E-state index in [1.165, 1.54) is 11.1 Å². The minimum atomic E-state index is -0.721. The van der Waals surface area contributed by atoms with Gasteiger partial charge in [-0.3, -0.25) is 10.4 Å². The number of nitrogens with zero attached hydrogens (tertiary/aromatic N) is 1. The predicted molar refractivity (Wildman–Crippen MR) is 116 cm³/mol. The molecular formula is C24H32N2O2. The molecule has 2 aromatic carbocycles. The largest absolute Gasteiger partial charge is 0.480 e. The highest BCUT2D eigenvalue weighted by Crippen LogP contribution is 2.25. The summed E-state index contributed by atoms with van der Waals surface area (Å²) in [5.41, 5.74) is 1.70. The van der Waals surface area contributed by atoms with E-state index in [1.54, 1.807) is 7.05 Å². The number of hydrogen-bond acceptors (Lipinski definition) is 4. The molecule has 0 radical (unpaired) electrons. The molecule has 0 saturated heterocycles. The Morgan fingerprint density at radius 1 is 0.857 bits per heavy atom. The molecular weight excluding hydrogens is 348 g/mol. The average Bonchev–Trinajstić information content (AvgIpc) is 2.73. The van der Waals surface area contributed by atoms with Crippen LogP contribution >= 0.6 is 0 Å². The fourth-order valence-corrected chi connectivity index (χ4v) is 2.97. The summed E-state index contributed by atoms with van der Waals surface area (Å²) in [6, 6.07) is 20.5. The maximum Gasteiger partial charge on any atom is 0.198 e. The number of rotatable bonds is 8. The van der Waals surface area contributed by atoms with E-state index < -0.39 is 5.41 Å². The van der Waals surface area contributed by atoms with E-state index >= 15 is 0 Å². The summed E-state index contributed by atoms with van der Waals surface area (Å²) in [4.78, 5) is 4.31. The Morgan fingerprint density at radius 2 is 1.29 bits per heavy atom. The fraction of sp³-hybridized carbons (Fsp3) is 0.417. The van der Waals surface area contributed by atoms with Crippen LogP contribution in [0.1, 0.15) is 50.7 Å². The maximum atomic E-state index is 8.45. The van der Waals surface area contributed by atoms with E-state index in [-0.39, 0.29) is 17.7 Å². The molecule has 1 N–H and O–H groups in total. The number of hydrogen-bond donors (Lipinski definition) is 1. The zero-order valence-corrected chi connectivity index (χ0v) is 17.6. The van der Waals surface area contributed by atoms with Crippen molar-refractivity contribution < 1.29 is 9.47 Å². The molecule has 0 spiro atoms. The van der Waals surface area contributed by atoms with Crippen molar-refractivity contribution in [3.8, 4) is 0 Å². The van der Waals surface area contributed by atoms with Crippen molar-refractivity contribution in [1.82, 2.24) is 0 Å². The summed E-state index contributed by atoms with van der Waals surface area (Å²) in [6.07, 6.45) is 0. The van der Waals surface area contributed by atoms with Crippen LogP contribution in [0.3, 0.4) is 0 Å². The van der Waals surface area contributed by atoms with E-state index in [0.717, 1.165) is 0 Å². The molecule has 0 bridgehead atoms. The summed E-state index contributed by atoms with van der Waals surface area (Å²) in [6.45, 7) is 9.01. The fourth-order valence-electron chi connectivity index (χ4n) is 2.97. The van der Waals surface area contributed by atoms with Crippen LogP contribution in [0.4, 0.5) is 0 Å². The van der Waals surface area contributed by atoms with Crippen LogP contribution in [0, 0.1) is 10.8 Å². The number of benzene rings is 2. The molecule has 2 aromatic rings. The standard InChI is InChI=1S/C24H32N2O2/c1-18(20-12-8-6-9-13-20)16-27-22(25)24(3,4)23(26-5)28-17-19(2)21-14-10-7-11-15-21/h6-15,18-19,25H,16-17H2,1-5H3/t18-,19-/m0/s1. The van der Waals surface area contributed by atoms with Crippen LogP contribution in [0.15, 0.2) is 65.7 Å². The lowest BCUT2D eigenvalue weighted by molar-refractivity contribution is 0.223. The predicted octanol–water partition coefficient (Wildman–Crippen LogP) is 5.66. The Labute approximate surface area is 169 Å². The Bertz CT molecular complexity index is 770. The molecule has 0 aliphatic carbocycles. The van der Waals surface area contributed by atoms with Crippen LogP contribution < -0.4 is 0 Å². The molecule has 2 atom stereocenters. The van der Waals surface area contributed by atoms with Gasteiger partial charge in [0.05, 0.1) is 13.2 Å². The third kappa shape index (κ3) is 5.69. The molecule has 2 rings (SSSR count). The molecule has 4 heteroatoms. The Hall–Kier alpha value is -2.62. The van der Waals surface area contributed by atoms with Crippen LogP contribution in [-0.2, 0) is 9.47 Å². The average molecular weight is 381 g/mol. The summed E-state index contributed by atoms with van der Waals surface area (Å²) < 4.78 is 11.8. The van der Waals surface area contributed by atoms with Crippen molar-refractivity contribution in [1.29, 1.82) is 5.41 Å². The minimum Gasteiger partial charge on any atom is -0.480 e. The van der Waals surface area contributed by atoms with Gasteiger partial charge in [0.15, 0.2) is 11.8 Å². The van der Waals surface area contributed by atoms with Gasteiger partial charge in [-0.2, -0.15) is 0 Å². The first-order valence-corrected chi connectivity index (χ1v) is 9.78. The molecule has 0 aliphatic heterocycles. The Kier molecular flexibility index (Phi) is 7.80. The van der Waals surface area contributed by atoms with Crippen LogP contribution in [-0.4, -0.2) is 32.1 Å². The lowest BCUT2D eigenvalue weighted by atomic mass is 9.92. The molecule has 0 amide bonds. The second kappa shape index (κ2) is 10.1. The van der Waals surface area contributed by atoms with Gasteiger partial charge < -0.3 is 9.47 Å². The molecule has 0 unspecified atom stereocenters. The normalized spacial score (nSPS) is 14.2. The van der Waals surface area contributed by atoms with Gasteiger partial charge in [0.1, 0.15) is 5.41 Å². The summed E-state index contributed by atoms with van der Waals surface area (Å²) in [7, 11) is 1.70. The molecule has 0 aromatic heterocycles. The summed E-state index contributed by atoms with van der Waals surface area (Å²) in [5.74, 6) is 1.14. The van der Waals surface area contributed by atoms with Gasteiger partial charge in [0.25, 0.3) is 0 Å². The highest BCUT2D eigenvalue weighted by Gasteiger charge is 2.34. The highest BCUT2D eigenvalue weighted by atomic mass is 16.5. The van der Waals surface area contributed by atoms with Gasteiger partial charge in [0, 0.05) is 18.9 Å². The number of aliphatic imine (C=N–C) groups is 1. The van der Waals surface area contributed by atoms with E-state index in [0.29, 0.717) is 19.1 Å². The molecule has 28 heavy (non-hydrogen) atoms. The lowest BCUT2D eigenvalue weighted by Crippen LogP contribution is -2.37. The second-order valence-electron chi connectivity index (χ2n) is 7.73. The molecule has 0 saturated carbocycles. The molecule has 0 heterocycles. The van der Waals surface area contributed by atoms with Crippen molar-refractivity contribution in [3.05, 3.63) is 71.8 Å². The first-order valence-electron chi connectivity index (χ1n) is 9.78. The van der Waals surface area contributed by atoms with Gasteiger partial charge in [-0.1, -0.05) is 74.5 Å². The maximum absolute atomic E-state index is 8.45. The van der Waals surface area contributed by atoms with E-state index in [2.05, 4.69) is 43.1 Å². The van der Waals surface area contributed by atoms with Crippen molar-refractivity contribution in [2.24, 2.45) is 10.4 Å². The Morgan fingerprint density at radius 3 is 1.71 bits per heavy atom. The molecule has 150 valence electrons. The van der Waals surface area contributed by atoms with Gasteiger partial charge in [0.2, 0.25) is 0 Å². The summed E-state index contributed by atoms with van der Waals surface area (Å²) in [5, 5.41) is 8.45. The van der Waals surface area contributed by atoms with E-state index in [1.807, 2.05) is 50.2 Å². The topological polar surface area (TPSA) is 54.7 Å². The van der Waals surface area contributed by atoms with Crippen molar-refractivity contribution in [2.45, 2.75) is 39.5 Å². The minimum absolute atomic E-state index is 0.170. The van der Waals surface area contributed by atoms with Crippen molar-refractivity contribution in [3.63, 3.8) is 0 Å². The van der Waals surface area contributed by atoms with Crippen LogP contribution in [0.2, 0.25) is 0 Å². The van der Waals surface area contributed by atoms with Gasteiger partial charge in [-0.25, -0.2) is 0 Å². The molecule has 0 aliphatic rings. The third-order valence-corrected chi connectivity index (χ3v) is 4.99. The second-order valence-corrected chi connectivity index (χ2v) is 7.73. The van der Waals surface area contributed by atoms with Gasteiger partial charge in [-0.05, 0) is 25.0 Å². The quantitative estimate of drug-likeness (QED) is 0.474. The number of nitrogens with one attached hydrogen (secondary N) is 1. The van der Waals surface area contributed by atoms with E-state index in [9.17, 15) is 0 Å². The number of ether oxygens (including phenoxy) is 2. The van der Waals surface area contributed by atoms with Gasteiger partial charge >= 0.3 is 0 Å². The Balaban J connectivity index is 1.93. The first kappa shape index (κ1) is 21.7. The SMILES string of the molecule is CN=C(OC[C@H](C)c1ccccc1)C(C)(C)C(=N)OC[C@H](C)c1ccccc1. The lowest BCUT2D eigenvalue weighted by Gasteiger charge is -2.28. The third-order valence-electron chi connectivity index (χ3n) is 4.99. The summed E-state index contributed by atoms with van der Waals surface area (Å²) >= 11 is 0. The monoisotopic (exact) mass is 380 g/mol. The zero-order valence-electron chi connectivity index (χ0n) is 17.6. The smallest absolute Gasteiger partial charge is 0.198 e. The van der Waals surface area contributed by atoms with Crippen molar-refractivity contribution in [2.75, 3.05) is 20.3 Å². The molecule has 4 nitrogen and oxygen atoms in total. The zero-order chi connectivity index (χ0) is 20.6. The van der Waals surface area contributed by atoms with Gasteiger partial charge in [-0.15, -0.1) is 0 Å². The van der Waals surface area contributed by atoms with Crippen LogP contribution in [0.5, 0.6) is 0 Å². The highest BCUT2D eigenvalue weighted by molar-refractivity contribution is 6.03.